The van der Waals surface area contributed by atoms with Crippen LogP contribution < -0.4 is 11.1 Å². The maximum atomic E-state index is 13.1. The minimum atomic E-state index is -0.422. The molecule has 1 fully saturated rings. The predicted octanol–water partition coefficient (Wildman–Crippen LogP) is 3.74. The van der Waals surface area contributed by atoms with E-state index in [1.807, 2.05) is 0 Å². The smallest absolute Gasteiger partial charge is 0.253 e. The van der Waals surface area contributed by atoms with Crippen LogP contribution in [0.1, 0.15) is 56.8 Å². The van der Waals surface area contributed by atoms with Gasteiger partial charge >= 0.3 is 0 Å². The van der Waals surface area contributed by atoms with Crippen LogP contribution in [0.2, 0.25) is 0 Å². The molecule has 1 amide bonds. The molecule has 0 bridgehead atoms. The molecular weight excluding hydrogens is 267 g/mol. The molecule has 0 saturated heterocycles. The molecule has 2 unspecified atom stereocenters. The van der Waals surface area contributed by atoms with E-state index >= 15 is 0 Å². The Balaban J connectivity index is 2.13. The summed E-state index contributed by atoms with van der Waals surface area (Å²) in [7, 11) is 0. The van der Waals surface area contributed by atoms with Gasteiger partial charge in [-0.05, 0) is 42.4 Å². The lowest BCUT2D eigenvalue weighted by atomic mass is 9.69. The average Bonchev–Trinajstić information content (AvgIpc) is 2.37. The first-order chi connectivity index (χ1) is 9.79. The van der Waals surface area contributed by atoms with E-state index in [1.165, 1.54) is 24.6 Å². The summed E-state index contributed by atoms with van der Waals surface area (Å²) in [6.07, 6.45) is 4.48. The highest BCUT2D eigenvalue weighted by molar-refractivity contribution is 5.99. The average molecular weight is 292 g/mol. The van der Waals surface area contributed by atoms with E-state index in [0.717, 1.165) is 19.3 Å². The lowest BCUT2D eigenvalue weighted by molar-refractivity contribution is 0.0831. The number of nitrogens with one attached hydrogen (secondary N) is 1. The van der Waals surface area contributed by atoms with Gasteiger partial charge in [-0.25, -0.2) is 4.39 Å². The Hall–Kier alpha value is -1.58. The van der Waals surface area contributed by atoms with Crippen LogP contribution in [0.5, 0.6) is 0 Å². The molecule has 1 aromatic carbocycles. The third kappa shape index (κ3) is 3.74. The van der Waals surface area contributed by atoms with Crippen molar-refractivity contribution >= 4 is 11.6 Å². The van der Waals surface area contributed by atoms with Gasteiger partial charge in [-0.15, -0.1) is 0 Å². The highest BCUT2D eigenvalue weighted by atomic mass is 19.1. The first kappa shape index (κ1) is 15.8. The second-order valence-corrected chi connectivity index (χ2v) is 7.07. The SMILES string of the molecule is CC(C)(C)C1CCCCC1NC(=O)c1ccc(F)cc1N. The Bertz CT molecular complexity index is 522. The van der Waals surface area contributed by atoms with E-state index in [1.54, 1.807) is 0 Å². The molecule has 2 rings (SSSR count). The standard InChI is InChI=1S/C17H25FN2O/c1-17(2,3)13-6-4-5-7-15(13)20-16(21)12-9-8-11(18)10-14(12)19/h8-10,13,15H,4-7,19H2,1-3H3,(H,20,21). The van der Waals surface area contributed by atoms with Gasteiger partial charge in [0.1, 0.15) is 5.82 Å². The van der Waals surface area contributed by atoms with Crippen LogP contribution in [-0.4, -0.2) is 11.9 Å². The molecule has 1 aliphatic rings. The Labute approximate surface area is 126 Å². The summed E-state index contributed by atoms with van der Waals surface area (Å²) in [5, 5.41) is 3.11. The van der Waals surface area contributed by atoms with Crippen molar-refractivity contribution in [2.45, 2.75) is 52.5 Å². The molecule has 1 aliphatic carbocycles. The predicted molar refractivity (Wildman–Crippen MR) is 83.5 cm³/mol. The van der Waals surface area contributed by atoms with Crippen molar-refractivity contribution in [2.24, 2.45) is 11.3 Å². The Kier molecular flexibility index (Phi) is 4.55. The van der Waals surface area contributed by atoms with Crippen LogP contribution in [0.25, 0.3) is 0 Å². The largest absolute Gasteiger partial charge is 0.398 e. The molecular formula is C17H25FN2O. The number of hydrogen-bond acceptors (Lipinski definition) is 2. The minimum absolute atomic E-state index is 0.159. The number of hydrogen-bond donors (Lipinski definition) is 2. The van der Waals surface area contributed by atoms with Crippen LogP contribution in [0.15, 0.2) is 18.2 Å². The first-order valence-corrected chi connectivity index (χ1v) is 7.65. The van der Waals surface area contributed by atoms with Gasteiger partial charge < -0.3 is 11.1 Å². The van der Waals surface area contributed by atoms with Gasteiger partial charge in [0.15, 0.2) is 0 Å². The zero-order chi connectivity index (χ0) is 15.6. The van der Waals surface area contributed by atoms with E-state index < -0.39 is 5.82 Å². The zero-order valence-electron chi connectivity index (χ0n) is 13.1. The number of amides is 1. The van der Waals surface area contributed by atoms with Crippen molar-refractivity contribution in [1.82, 2.24) is 5.32 Å². The maximum absolute atomic E-state index is 13.1. The van der Waals surface area contributed by atoms with Crippen molar-refractivity contribution in [3.8, 4) is 0 Å². The lowest BCUT2D eigenvalue weighted by Gasteiger charge is -2.40. The van der Waals surface area contributed by atoms with Crippen molar-refractivity contribution in [2.75, 3.05) is 5.73 Å². The molecule has 2 atom stereocenters. The fourth-order valence-electron chi connectivity index (χ4n) is 3.33. The molecule has 3 N–H and O–H groups in total. The molecule has 1 aromatic rings. The third-order valence-electron chi connectivity index (χ3n) is 4.45. The maximum Gasteiger partial charge on any atom is 0.253 e. The number of carbonyl (C=O) groups is 1. The molecule has 0 aliphatic heterocycles. The van der Waals surface area contributed by atoms with Crippen molar-refractivity contribution < 1.29 is 9.18 Å². The summed E-state index contributed by atoms with van der Waals surface area (Å²) in [6.45, 7) is 6.65. The van der Waals surface area contributed by atoms with Crippen LogP contribution in [0, 0.1) is 17.2 Å². The third-order valence-corrected chi connectivity index (χ3v) is 4.45. The summed E-state index contributed by atoms with van der Waals surface area (Å²) in [6, 6.07) is 4.08. The molecule has 3 nitrogen and oxygen atoms in total. The molecule has 0 radical (unpaired) electrons. The second-order valence-electron chi connectivity index (χ2n) is 7.07. The molecule has 0 spiro atoms. The van der Waals surface area contributed by atoms with Crippen molar-refractivity contribution in [3.05, 3.63) is 29.6 Å². The summed E-state index contributed by atoms with van der Waals surface area (Å²) in [5.74, 6) is -0.167. The number of rotatable bonds is 2. The van der Waals surface area contributed by atoms with E-state index in [4.69, 9.17) is 5.73 Å². The fraction of sp³-hybridized carbons (Fsp3) is 0.588. The van der Waals surface area contributed by atoms with Gasteiger partial charge in [0, 0.05) is 11.7 Å². The van der Waals surface area contributed by atoms with Gasteiger partial charge in [-0.3, -0.25) is 4.79 Å². The number of nitrogen functional groups attached to an aromatic ring is 1. The Morgan fingerprint density at radius 3 is 2.57 bits per heavy atom. The Morgan fingerprint density at radius 1 is 1.29 bits per heavy atom. The first-order valence-electron chi connectivity index (χ1n) is 7.65. The van der Waals surface area contributed by atoms with E-state index in [-0.39, 0.29) is 23.1 Å². The van der Waals surface area contributed by atoms with Gasteiger partial charge in [-0.2, -0.15) is 0 Å². The van der Waals surface area contributed by atoms with Gasteiger partial charge in [-0.1, -0.05) is 33.6 Å². The molecule has 21 heavy (non-hydrogen) atoms. The van der Waals surface area contributed by atoms with Crippen LogP contribution in [0.4, 0.5) is 10.1 Å². The number of benzene rings is 1. The number of nitrogens with two attached hydrogens (primary N) is 1. The minimum Gasteiger partial charge on any atom is -0.398 e. The fourth-order valence-corrected chi connectivity index (χ4v) is 3.33. The van der Waals surface area contributed by atoms with Gasteiger partial charge in [0.2, 0.25) is 0 Å². The number of carbonyl (C=O) groups excluding carboxylic acids is 1. The summed E-state index contributed by atoms with van der Waals surface area (Å²) in [4.78, 5) is 12.4. The molecule has 0 heterocycles. The molecule has 0 aromatic heterocycles. The Morgan fingerprint density at radius 2 is 1.95 bits per heavy atom. The normalized spacial score (nSPS) is 22.9. The van der Waals surface area contributed by atoms with Crippen LogP contribution in [0.3, 0.4) is 0 Å². The van der Waals surface area contributed by atoms with E-state index in [9.17, 15) is 9.18 Å². The highest BCUT2D eigenvalue weighted by Crippen LogP contribution is 2.38. The topological polar surface area (TPSA) is 55.1 Å². The molecule has 116 valence electrons. The second kappa shape index (κ2) is 6.04. The summed E-state index contributed by atoms with van der Waals surface area (Å²) >= 11 is 0. The van der Waals surface area contributed by atoms with Gasteiger partial charge in [0.05, 0.1) is 5.56 Å². The lowest BCUT2D eigenvalue weighted by Crippen LogP contribution is -2.46. The summed E-state index contributed by atoms with van der Waals surface area (Å²) < 4.78 is 13.1. The molecule has 1 saturated carbocycles. The van der Waals surface area contributed by atoms with Crippen LogP contribution >= 0.6 is 0 Å². The quantitative estimate of drug-likeness (QED) is 0.816. The number of halogens is 1. The highest BCUT2D eigenvalue weighted by Gasteiger charge is 2.35. The number of anilines is 1. The summed E-state index contributed by atoms with van der Waals surface area (Å²) in [5.41, 5.74) is 6.45. The van der Waals surface area contributed by atoms with Crippen molar-refractivity contribution in [3.63, 3.8) is 0 Å². The molecule has 4 heteroatoms. The van der Waals surface area contributed by atoms with Crippen LogP contribution in [-0.2, 0) is 0 Å². The monoisotopic (exact) mass is 292 g/mol. The van der Waals surface area contributed by atoms with E-state index in [0.29, 0.717) is 11.5 Å². The zero-order valence-corrected chi connectivity index (χ0v) is 13.1. The van der Waals surface area contributed by atoms with Crippen molar-refractivity contribution in [1.29, 1.82) is 0 Å². The van der Waals surface area contributed by atoms with Gasteiger partial charge in [0.25, 0.3) is 5.91 Å². The van der Waals surface area contributed by atoms with E-state index in [2.05, 4.69) is 26.1 Å².